The molecule has 0 saturated heterocycles. The van der Waals surface area contributed by atoms with Crippen LogP contribution in [0.2, 0.25) is 0 Å². The van der Waals surface area contributed by atoms with Crippen molar-refractivity contribution < 1.29 is 17.6 Å². The van der Waals surface area contributed by atoms with Gasteiger partial charge in [-0.25, -0.2) is 9.97 Å². The van der Waals surface area contributed by atoms with Crippen LogP contribution < -0.4 is 10.6 Å². The molecule has 10 heteroatoms. The average molecular weight is 364 g/mol. The number of nitrogens with zero attached hydrogens (tertiary/aromatic N) is 4. The molecule has 3 rings (SSSR count). The zero-order valence-corrected chi connectivity index (χ0v) is 13.7. The van der Waals surface area contributed by atoms with Gasteiger partial charge in [0.2, 0.25) is 5.89 Å². The Balaban J connectivity index is 1.82. The van der Waals surface area contributed by atoms with Gasteiger partial charge in [0.25, 0.3) is 5.89 Å². The third-order valence-electron chi connectivity index (χ3n) is 3.37. The molecule has 0 aliphatic rings. The highest BCUT2D eigenvalue weighted by molar-refractivity contribution is 5.70. The van der Waals surface area contributed by atoms with Gasteiger partial charge in [-0.2, -0.15) is 13.2 Å². The van der Waals surface area contributed by atoms with Crippen molar-refractivity contribution in [2.75, 3.05) is 11.9 Å². The van der Waals surface area contributed by atoms with Crippen LogP contribution in [0.4, 0.5) is 24.7 Å². The number of halogens is 3. The second kappa shape index (κ2) is 7.48. The first kappa shape index (κ1) is 17.8. The standard InChI is InChI=1S/C16H15F3N6O/c1-2-20-9-12-24-25-15(26-12)13-14(22-8-7-21-13)23-11-5-3-10(4-6-11)16(17,18)19/h3-8,20H,2,9H2,1H3,(H,22,23). The number of hydrogen-bond donors (Lipinski definition) is 2. The summed E-state index contributed by atoms with van der Waals surface area (Å²) >= 11 is 0. The van der Waals surface area contributed by atoms with Gasteiger partial charge in [0.05, 0.1) is 12.1 Å². The van der Waals surface area contributed by atoms with Crippen molar-refractivity contribution in [3.63, 3.8) is 0 Å². The van der Waals surface area contributed by atoms with E-state index in [9.17, 15) is 13.2 Å². The highest BCUT2D eigenvalue weighted by Gasteiger charge is 2.30. The Hall–Kier alpha value is -3.01. The summed E-state index contributed by atoms with van der Waals surface area (Å²) in [7, 11) is 0. The van der Waals surface area contributed by atoms with Gasteiger partial charge >= 0.3 is 6.18 Å². The molecule has 26 heavy (non-hydrogen) atoms. The van der Waals surface area contributed by atoms with Crippen LogP contribution in [-0.4, -0.2) is 26.7 Å². The van der Waals surface area contributed by atoms with Crippen LogP contribution in [0.25, 0.3) is 11.6 Å². The topological polar surface area (TPSA) is 88.8 Å². The lowest BCUT2D eigenvalue weighted by molar-refractivity contribution is -0.137. The van der Waals surface area contributed by atoms with Crippen molar-refractivity contribution in [1.82, 2.24) is 25.5 Å². The van der Waals surface area contributed by atoms with Crippen LogP contribution in [-0.2, 0) is 12.7 Å². The SMILES string of the molecule is CCNCc1nnc(-c2nccnc2Nc2ccc(C(F)(F)F)cc2)o1. The first-order valence-corrected chi connectivity index (χ1v) is 7.76. The number of alkyl halides is 3. The highest BCUT2D eigenvalue weighted by Crippen LogP contribution is 2.31. The summed E-state index contributed by atoms with van der Waals surface area (Å²) in [6.07, 6.45) is -1.48. The Bertz CT molecular complexity index is 863. The average Bonchev–Trinajstić information content (AvgIpc) is 3.09. The predicted octanol–water partition coefficient (Wildman–Crippen LogP) is 3.40. The smallest absolute Gasteiger partial charge is 0.416 e. The summed E-state index contributed by atoms with van der Waals surface area (Å²) < 4.78 is 43.5. The molecule has 7 nitrogen and oxygen atoms in total. The molecule has 0 bridgehead atoms. The van der Waals surface area contributed by atoms with E-state index in [0.717, 1.165) is 18.7 Å². The molecule has 136 valence electrons. The van der Waals surface area contributed by atoms with E-state index in [1.165, 1.54) is 24.5 Å². The quantitative estimate of drug-likeness (QED) is 0.693. The largest absolute Gasteiger partial charge is 0.418 e. The van der Waals surface area contributed by atoms with Gasteiger partial charge in [0.1, 0.15) is 0 Å². The summed E-state index contributed by atoms with van der Waals surface area (Å²) in [5.41, 5.74) is 0.00201. The number of aromatic nitrogens is 4. The lowest BCUT2D eigenvalue weighted by Crippen LogP contribution is -2.11. The number of nitrogens with one attached hydrogen (secondary N) is 2. The van der Waals surface area contributed by atoms with Crippen LogP contribution in [0.15, 0.2) is 41.1 Å². The fraction of sp³-hybridized carbons (Fsp3) is 0.250. The number of anilines is 2. The van der Waals surface area contributed by atoms with Crippen LogP contribution in [0.1, 0.15) is 18.4 Å². The van der Waals surface area contributed by atoms with E-state index in [2.05, 4.69) is 30.8 Å². The first-order chi connectivity index (χ1) is 12.5. The molecule has 0 spiro atoms. The molecular weight excluding hydrogens is 349 g/mol. The second-order valence-corrected chi connectivity index (χ2v) is 5.23. The van der Waals surface area contributed by atoms with E-state index >= 15 is 0 Å². The van der Waals surface area contributed by atoms with Crippen LogP contribution in [0, 0.1) is 0 Å². The van der Waals surface area contributed by atoms with Crippen LogP contribution >= 0.6 is 0 Å². The van der Waals surface area contributed by atoms with Crippen molar-refractivity contribution in [3.8, 4) is 11.6 Å². The second-order valence-electron chi connectivity index (χ2n) is 5.23. The van der Waals surface area contributed by atoms with Gasteiger partial charge in [-0.3, -0.25) is 0 Å². The molecule has 2 heterocycles. The van der Waals surface area contributed by atoms with Crippen LogP contribution in [0.5, 0.6) is 0 Å². The van der Waals surface area contributed by atoms with E-state index in [1.54, 1.807) is 0 Å². The first-order valence-electron chi connectivity index (χ1n) is 7.76. The van der Waals surface area contributed by atoms with Gasteiger partial charge in [0.15, 0.2) is 11.5 Å². The minimum Gasteiger partial charge on any atom is -0.418 e. The Morgan fingerprint density at radius 2 is 1.77 bits per heavy atom. The van der Waals surface area contributed by atoms with E-state index in [-0.39, 0.29) is 5.89 Å². The monoisotopic (exact) mass is 364 g/mol. The molecule has 0 fully saturated rings. The molecule has 2 N–H and O–H groups in total. The lowest BCUT2D eigenvalue weighted by Gasteiger charge is -2.10. The zero-order valence-electron chi connectivity index (χ0n) is 13.7. The fourth-order valence-electron chi connectivity index (χ4n) is 2.12. The van der Waals surface area contributed by atoms with Gasteiger partial charge < -0.3 is 15.1 Å². The third kappa shape index (κ3) is 4.14. The highest BCUT2D eigenvalue weighted by atomic mass is 19.4. The summed E-state index contributed by atoms with van der Waals surface area (Å²) in [6, 6.07) is 4.59. The Kier molecular flexibility index (Phi) is 5.12. The van der Waals surface area contributed by atoms with Gasteiger partial charge in [-0.15, -0.1) is 10.2 Å². The van der Waals surface area contributed by atoms with Crippen molar-refractivity contribution in [1.29, 1.82) is 0 Å². The molecular formula is C16H15F3N6O. The maximum Gasteiger partial charge on any atom is 0.416 e. The van der Waals surface area contributed by atoms with E-state index in [0.29, 0.717) is 29.6 Å². The van der Waals surface area contributed by atoms with E-state index in [1.807, 2.05) is 6.92 Å². The van der Waals surface area contributed by atoms with Gasteiger partial charge in [-0.1, -0.05) is 6.92 Å². The maximum atomic E-state index is 12.6. The van der Waals surface area contributed by atoms with Crippen molar-refractivity contribution >= 4 is 11.5 Å². The Labute approximate surface area is 146 Å². The number of hydrogen-bond acceptors (Lipinski definition) is 7. The number of benzene rings is 1. The number of rotatable bonds is 6. The summed E-state index contributed by atoms with van der Waals surface area (Å²) in [4.78, 5) is 8.33. The molecule has 0 amide bonds. The van der Waals surface area contributed by atoms with Gasteiger partial charge in [0, 0.05) is 18.1 Å². The third-order valence-corrected chi connectivity index (χ3v) is 3.37. The normalized spacial score (nSPS) is 11.5. The van der Waals surface area contributed by atoms with Crippen LogP contribution in [0.3, 0.4) is 0 Å². The molecule has 0 radical (unpaired) electrons. The zero-order chi connectivity index (χ0) is 18.6. The van der Waals surface area contributed by atoms with Gasteiger partial charge in [-0.05, 0) is 30.8 Å². The molecule has 1 aromatic carbocycles. The molecule has 0 saturated carbocycles. The summed E-state index contributed by atoms with van der Waals surface area (Å²) in [5.74, 6) is 0.860. The minimum atomic E-state index is -4.39. The molecule has 3 aromatic rings. The van der Waals surface area contributed by atoms with E-state index in [4.69, 9.17) is 4.42 Å². The predicted molar refractivity (Wildman–Crippen MR) is 87.4 cm³/mol. The molecule has 0 aliphatic heterocycles. The Morgan fingerprint density at radius 1 is 1.04 bits per heavy atom. The lowest BCUT2D eigenvalue weighted by atomic mass is 10.2. The maximum absolute atomic E-state index is 12.6. The molecule has 2 aromatic heterocycles. The Morgan fingerprint density at radius 3 is 2.46 bits per heavy atom. The fourth-order valence-corrected chi connectivity index (χ4v) is 2.12. The molecule has 0 unspecified atom stereocenters. The molecule has 0 atom stereocenters. The molecule has 0 aliphatic carbocycles. The summed E-state index contributed by atoms with van der Waals surface area (Å²) in [5, 5.41) is 13.8. The van der Waals surface area contributed by atoms with Crippen molar-refractivity contribution in [2.24, 2.45) is 0 Å². The van der Waals surface area contributed by atoms with Crippen molar-refractivity contribution in [2.45, 2.75) is 19.6 Å². The van der Waals surface area contributed by atoms with Crippen molar-refractivity contribution in [3.05, 3.63) is 48.1 Å². The van der Waals surface area contributed by atoms with E-state index < -0.39 is 11.7 Å². The summed E-state index contributed by atoms with van der Waals surface area (Å²) in [6.45, 7) is 3.13. The minimum absolute atomic E-state index is 0.167.